The zero-order valence-electron chi connectivity index (χ0n) is 25.5. The molecule has 2 aliphatic rings. The molecule has 45 heavy (non-hydrogen) atoms. The minimum atomic E-state index is -1.03. The maximum absolute atomic E-state index is 14.2. The van der Waals surface area contributed by atoms with Gasteiger partial charge in [-0.15, -0.1) is 10.2 Å². The van der Waals surface area contributed by atoms with Crippen LogP contribution in [-0.2, 0) is 22.7 Å². The molecule has 236 valence electrons. The Bertz CT molecular complexity index is 1660. The van der Waals surface area contributed by atoms with E-state index in [0.717, 1.165) is 37.7 Å². The third kappa shape index (κ3) is 6.71. The largest absolute Gasteiger partial charge is 0.493 e. The zero-order valence-corrected chi connectivity index (χ0v) is 25.5. The third-order valence-electron chi connectivity index (χ3n) is 8.02. The molecule has 4 aromatic rings. The molecule has 1 saturated carbocycles. The molecule has 13 nitrogen and oxygen atoms in total. The molecule has 0 spiro atoms. The van der Waals surface area contributed by atoms with Gasteiger partial charge in [-0.25, -0.2) is 0 Å². The standard InChI is InChI=1S/C32H36N6O7/c1-20-9-12-26(45-20)30(32(40)33-23-7-5-4-6-8-23)37(17-21-10-13-25-28(15-21)44-19-43-25)29(39)18-38-35-31(34-36-38)22-11-14-24(41-2)27(16-22)42-3/h9-16,23,30H,4-8,17-19H2,1-3H3,(H,33,40). The Kier molecular flexibility index (Phi) is 8.85. The lowest BCUT2D eigenvalue weighted by Crippen LogP contribution is -2.47. The predicted octanol–water partition coefficient (Wildman–Crippen LogP) is 4.21. The van der Waals surface area contributed by atoms with Crippen molar-refractivity contribution < 1.29 is 33.0 Å². The molecule has 0 bridgehead atoms. The fourth-order valence-corrected chi connectivity index (χ4v) is 5.72. The number of nitrogens with zero attached hydrogens (tertiary/aromatic N) is 5. The number of hydrogen-bond acceptors (Lipinski definition) is 10. The molecular formula is C32H36N6O7. The molecule has 1 atom stereocenters. The summed E-state index contributed by atoms with van der Waals surface area (Å²) in [5, 5.41) is 15.9. The van der Waals surface area contributed by atoms with Gasteiger partial charge in [0.2, 0.25) is 18.5 Å². The number of amides is 2. The van der Waals surface area contributed by atoms with Crippen LogP contribution < -0.4 is 24.3 Å². The lowest BCUT2D eigenvalue weighted by atomic mass is 9.95. The number of ether oxygens (including phenoxy) is 4. The van der Waals surface area contributed by atoms with Crippen LogP contribution in [0.4, 0.5) is 0 Å². The topological polar surface area (TPSA) is 143 Å². The van der Waals surface area contributed by atoms with E-state index in [9.17, 15) is 9.59 Å². The van der Waals surface area contributed by atoms with Gasteiger partial charge in [-0.05, 0) is 73.0 Å². The Balaban J connectivity index is 1.31. The van der Waals surface area contributed by atoms with Gasteiger partial charge in [-0.2, -0.15) is 4.80 Å². The van der Waals surface area contributed by atoms with Crippen LogP contribution in [-0.4, -0.2) is 64.0 Å². The number of tetrazole rings is 1. The number of benzene rings is 2. The van der Waals surface area contributed by atoms with Crippen LogP contribution in [0.25, 0.3) is 11.4 Å². The summed E-state index contributed by atoms with van der Waals surface area (Å²) < 4.78 is 27.7. The zero-order chi connectivity index (χ0) is 31.3. The highest BCUT2D eigenvalue weighted by atomic mass is 16.7. The molecule has 1 fully saturated rings. The van der Waals surface area contributed by atoms with Crippen LogP contribution >= 0.6 is 0 Å². The van der Waals surface area contributed by atoms with Crippen molar-refractivity contribution in [2.75, 3.05) is 21.0 Å². The Morgan fingerprint density at radius 1 is 1.00 bits per heavy atom. The first-order valence-electron chi connectivity index (χ1n) is 15.0. The second kappa shape index (κ2) is 13.3. The van der Waals surface area contributed by atoms with E-state index in [1.807, 2.05) is 12.1 Å². The number of carbonyl (C=O) groups is 2. The highest BCUT2D eigenvalue weighted by Crippen LogP contribution is 2.35. The van der Waals surface area contributed by atoms with Crippen molar-refractivity contribution in [1.29, 1.82) is 0 Å². The summed E-state index contributed by atoms with van der Waals surface area (Å²) in [6.07, 6.45) is 5.05. The SMILES string of the molecule is COc1ccc(-c2nnn(CC(=O)N(Cc3ccc4c(c3)OCO4)C(C(=O)NC3CCCCC3)c3ccc(C)o3)n2)cc1OC. The number of nitrogens with one attached hydrogen (secondary N) is 1. The first kappa shape index (κ1) is 30.0. The number of aryl methyl sites for hydroxylation is 1. The number of fused-ring (bicyclic) bond motifs is 1. The molecular weight excluding hydrogens is 580 g/mol. The van der Waals surface area contributed by atoms with Gasteiger partial charge in [0.1, 0.15) is 18.1 Å². The van der Waals surface area contributed by atoms with Gasteiger partial charge in [0.15, 0.2) is 29.0 Å². The molecule has 1 N–H and O–H groups in total. The van der Waals surface area contributed by atoms with Crippen LogP contribution in [0.2, 0.25) is 0 Å². The second-order valence-corrected chi connectivity index (χ2v) is 11.1. The van der Waals surface area contributed by atoms with Crippen LogP contribution in [0, 0.1) is 6.92 Å². The molecule has 0 radical (unpaired) electrons. The predicted molar refractivity (Wildman–Crippen MR) is 161 cm³/mol. The maximum atomic E-state index is 14.2. The van der Waals surface area contributed by atoms with Gasteiger partial charge in [0.25, 0.3) is 5.91 Å². The molecule has 1 aliphatic carbocycles. The van der Waals surface area contributed by atoms with Crippen LogP contribution in [0.5, 0.6) is 23.0 Å². The highest BCUT2D eigenvalue weighted by molar-refractivity contribution is 5.88. The number of carbonyl (C=O) groups excluding carboxylic acids is 2. The van der Waals surface area contributed by atoms with Gasteiger partial charge in [-0.1, -0.05) is 25.3 Å². The molecule has 2 aromatic carbocycles. The molecule has 13 heteroatoms. The van der Waals surface area contributed by atoms with Crippen LogP contribution in [0.1, 0.15) is 55.2 Å². The average Bonchev–Trinajstić information content (AvgIpc) is 3.82. The quantitative estimate of drug-likeness (QED) is 0.260. The summed E-state index contributed by atoms with van der Waals surface area (Å²) in [6, 6.07) is 13.2. The van der Waals surface area contributed by atoms with Gasteiger partial charge >= 0.3 is 0 Å². The lowest BCUT2D eigenvalue weighted by molar-refractivity contribution is -0.143. The minimum Gasteiger partial charge on any atom is -0.493 e. The van der Waals surface area contributed by atoms with E-state index in [1.165, 1.54) is 9.70 Å². The summed E-state index contributed by atoms with van der Waals surface area (Å²) in [4.78, 5) is 30.9. The van der Waals surface area contributed by atoms with Crippen molar-refractivity contribution >= 4 is 11.8 Å². The number of furan rings is 1. The van der Waals surface area contributed by atoms with Crippen molar-refractivity contribution in [2.45, 2.75) is 64.2 Å². The van der Waals surface area contributed by atoms with Crippen LogP contribution in [0.15, 0.2) is 52.9 Å². The number of methoxy groups -OCH3 is 2. The van der Waals surface area contributed by atoms with Crippen molar-refractivity contribution in [3.8, 4) is 34.4 Å². The van der Waals surface area contributed by atoms with E-state index in [1.54, 1.807) is 57.5 Å². The second-order valence-electron chi connectivity index (χ2n) is 11.1. The monoisotopic (exact) mass is 616 g/mol. The van der Waals surface area contributed by atoms with E-state index < -0.39 is 11.9 Å². The fraction of sp³-hybridized carbons (Fsp3) is 0.406. The summed E-state index contributed by atoms with van der Waals surface area (Å²) in [5.41, 5.74) is 1.39. The lowest BCUT2D eigenvalue weighted by Gasteiger charge is -2.32. The molecule has 6 rings (SSSR count). The van der Waals surface area contributed by atoms with E-state index in [2.05, 4.69) is 20.7 Å². The Morgan fingerprint density at radius 2 is 1.80 bits per heavy atom. The van der Waals surface area contributed by atoms with E-state index in [-0.39, 0.29) is 31.8 Å². The normalized spacial score (nSPS) is 15.0. The van der Waals surface area contributed by atoms with Gasteiger partial charge < -0.3 is 33.6 Å². The van der Waals surface area contributed by atoms with Crippen molar-refractivity contribution in [3.63, 3.8) is 0 Å². The molecule has 2 amide bonds. The molecule has 0 saturated heterocycles. The van der Waals surface area contributed by atoms with Crippen LogP contribution in [0.3, 0.4) is 0 Å². The highest BCUT2D eigenvalue weighted by Gasteiger charge is 2.36. The van der Waals surface area contributed by atoms with Crippen molar-refractivity contribution in [1.82, 2.24) is 30.4 Å². The molecule has 2 aromatic heterocycles. The minimum absolute atomic E-state index is 0.0355. The fourth-order valence-electron chi connectivity index (χ4n) is 5.72. The average molecular weight is 617 g/mol. The van der Waals surface area contributed by atoms with E-state index in [0.29, 0.717) is 45.9 Å². The van der Waals surface area contributed by atoms with E-state index in [4.69, 9.17) is 23.4 Å². The summed E-state index contributed by atoms with van der Waals surface area (Å²) in [7, 11) is 3.10. The Labute approximate surface area is 260 Å². The number of rotatable bonds is 11. The smallest absolute Gasteiger partial charge is 0.250 e. The summed E-state index contributed by atoms with van der Waals surface area (Å²) >= 11 is 0. The summed E-state index contributed by atoms with van der Waals surface area (Å²) in [6.45, 7) is 1.76. The van der Waals surface area contributed by atoms with Gasteiger partial charge in [0.05, 0.1) is 14.2 Å². The Hall–Kier alpha value is -5.07. The summed E-state index contributed by atoms with van der Waals surface area (Å²) in [5.74, 6) is 2.88. The molecule has 1 aliphatic heterocycles. The van der Waals surface area contributed by atoms with Gasteiger partial charge in [0, 0.05) is 18.2 Å². The molecule has 1 unspecified atom stereocenters. The van der Waals surface area contributed by atoms with Crippen molar-refractivity contribution in [3.05, 3.63) is 65.6 Å². The number of aromatic nitrogens is 4. The first-order valence-corrected chi connectivity index (χ1v) is 15.0. The number of hydrogen-bond donors (Lipinski definition) is 1. The third-order valence-corrected chi connectivity index (χ3v) is 8.02. The van der Waals surface area contributed by atoms with Crippen molar-refractivity contribution in [2.24, 2.45) is 0 Å². The van der Waals surface area contributed by atoms with Gasteiger partial charge in [-0.3, -0.25) is 9.59 Å². The Morgan fingerprint density at radius 3 is 2.56 bits per heavy atom. The first-order chi connectivity index (χ1) is 21.9. The van der Waals surface area contributed by atoms with E-state index >= 15 is 0 Å². The molecule has 3 heterocycles. The maximum Gasteiger partial charge on any atom is 0.250 e.